The molecule has 15 heavy (non-hydrogen) atoms. The zero-order valence-corrected chi connectivity index (χ0v) is 9.04. The molecule has 1 heterocycles. The summed E-state index contributed by atoms with van der Waals surface area (Å²) in [5.41, 5.74) is 6.26. The second kappa shape index (κ2) is 3.73. The van der Waals surface area contributed by atoms with Gasteiger partial charge in [0.2, 0.25) is 0 Å². The molecular formula is C11H12ClN3. The molecule has 3 nitrogen and oxygen atoms in total. The molecule has 1 aliphatic heterocycles. The first-order valence-corrected chi connectivity index (χ1v) is 5.21. The fourth-order valence-corrected chi connectivity index (χ4v) is 1.92. The Morgan fingerprint density at radius 1 is 1.40 bits per heavy atom. The molecule has 1 aromatic rings. The lowest BCUT2D eigenvalue weighted by molar-refractivity contribution is 0.606. The molecule has 4 heteroatoms. The Bertz CT molecular complexity index is 395. The Labute approximate surface area is 94.0 Å². The van der Waals surface area contributed by atoms with Crippen LogP contribution in [-0.2, 0) is 0 Å². The van der Waals surface area contributed by atoms with E-state index in [9.17, 15) is 0 Å². The van der Waals surface area contributed by atoms with Gasteiger partial charge in [0.05, 0.1) is 6.07 Å². The van der Waals surface area contributed by atoms with Crippen molar-refractivity contribution in [3.8, 4) is 6.07 Å². The van der Waals surface area contributed by atoms with Crippen molar-refractivity contribution in [2.75, 3.05) is 18.0 Å². The maximum Gasteiger partial charge on any atom is 0.123 e. The van der Waals surface area contributed by atoms with Crippen LogP contribution in [0.15, 0.2) is 24.3 Å². The van der Waals surface area contributed by atoms with Crippen LogP contribution >= 0.6 is 11.6 Å². The van der Waals surface area contributed by atoms with Crippen molar-refractivity contribution in [1.82, 2.24) is 0 Å². The Hall–Kier alpha value is -1.24. The highest BCUT2D eigenvalue weighted by molar-refractivity contribution is 6.30. The van der Waals surface area contributed by atoms with Crippen LogP contribution in [0.25, 0.3) is 0 Å². The van der Waals surface area contributed by atoms with Gasteiger partial charge in [-0.05, 0) is 30.7 Å². The summed E-state index contributed by atoms with van der Waals surface area (Å²) in [5, 5.41) is 9.63. The van der Waals surface area contributed by atoms with Crippen molar-refractivity contribution in [1.29, 1.82) is 5.26 Å². The van der Waals surface area contributed by atoms with Gasteiger partial charge in [0, 0.05) is 23.8 Å². The van der Waals surface area contributed by atoms with Gasteiger partial charge in [0.25, 0.3) is 0 Å². The van der Waals surface area contributed by atoms with E-state index in [-0.39, 0.29) is 0 Å². The van der Waals surface area contributed by atoms with Crippen molar-refractivity contribution in [3.63, 3.8) is 0 Å². The van der Waals surface area contributed by atoms with E-state index in [1.54, 1.807) is 0 Å². The summed E-state index contributed by atoms with van der Waals surface area (Å²) in [6, 6.07) is 9.76. The summed E-state index contributed by atoms with van der Waals surface area (Å²) in [7, 11) is 0. The fraction of sp³-hybridized carbons (Fsp3) is 0.364. The van der Waals surface area contributed by atoms with Gasteiger partial charge in [-0.25, -0.2) is 0 Å². The van der Waals surface area contributed by atoms with Gasteiger partial charge in [-0.15, -0.1) is 0 Å². The fourth-order valence-electron chi connectivity index (χ4n) is 1.80. The van der Waals surface area contributed by atoms with Gasteiger partial charge in [-0.3, -0.25) is 0 Å². The largest absolute Gasteiger partial charge is 0.368 e. The number of nitrogens with two attached hydrogens (primary N) is 1. The average molecular weight is 222 g/mol. The second-order valence-electron chi connectivity index (χ2n) is 3.92. The number of hydrogen-bond acceptors (Lipinski definition) is 3. The maximum absolute atomic E-state index is 8.91. The molecule has 0 aromatic heterocycles. The van der Waals surface area contributed by atoms with Gasteiger partial charge in [0.15, 0.2) is 0 Å². The van der Waals surface area contributed by atoms with Gasteiger partial charge in [-0.1, -0.05) is 11.6 Å². The number of rotatable bonds is 1. The van der Waals surface area contributed by atoms with E-state index in [1.807, 2.05) is 24.3 Å². The monoisotopic (exact) mass is 221 g/mol. The highest BCUT2D eigenvalue weighted by atomic mass is 35.5. The number of benzene rings is 1. The molecule has 0 radical (unpaired) electrons. The minimum atomic E-state index is -0.695. The Morgan fingerprint density at radius 2 is 2.07 bits per heavy atom. The van der Waals surface area contributed by atoms with E-state index in [1.165, 1.54) is 0 Å². The molecule has 0 bridgehead atoms. The van der Waals surface area contributed by atoms with Gasteiger partial charge < -0.3 is 10.6 Å². The molecule has 78 valence electrons. The number of nitriles is 1. The van der Waals surface area contributed by atoms with E-state index in [2.05, 4.69) is 11.0 Å². The average Bonchev–Trinajstić information content (AvgIpc) is 2.63. The van der Waals surface area contributed by atoms with Gasteiger partial charge >= 0.3 is 0 Å². The normalized spacial score (nSPS) is 25.3. The molecule has 1 aromatic carbocycles. The molecule has 0 amide bonds. The predicted molar refractivity (Wildman–Crippen MR) is 60.8 cm³/mol. The molecule has 0 saturated carbocycles. The third-order valence-corrected chi connectivity index (χ3v) is 2.97. The molecule has 1 unspecified atom stereocenters. The summed E-state index contributed by atoms with van der Waals surface area (Å²) in [4.78, 5) is 2.11. The zero-order chi connectivity index (χ0) is 10.9. The van der Waals surface area contributed by atoms with Crippen molar-refractivity contribution < 1.29 is 0 Å². The lowest BCUT2D eigenvalue weighted by atomic mass is 10.0. The molecule has 2 rings (SSSR count). The molecule has 0 spiro atoms. The van der Waals surface area contributed by atoms with Crippen molar-refractivity contribution >= 4 is 17.3 Å². The van der Waals surface area contributed by atoms with Crippen molar-refractivity contribution in [3.05, 3.63) is 29.3 Å². The van der Waals surface area contributed by atoms with Gasteiger partial charge in [0.1, 0.15) is 5.54 Å². The minimum absolute atomic E-state index is 0.588. The molecule has 1 fully saturated rings. The van der Waals surface area contributed by atoms with E-state index >= 15 is 0 Å². The van der Waals surface area contributed by atoms with Crippen LogP contribution < -0.4 is 10.6 Å². The minimum Gasteiger partial charge on any atom is -0.368 e. The molecule has 0 aliphatic carbocycles. The smallest absolute Gasteiger partial charge is 0.123 e. The Morgan fingerprint density at radius 3 is 2.60 bits per heavy atom. The van der Waals surface area contributed by atoms with Crippen molar-refractivity contribution in [2.45, 2.75) is 12.0 Å². The van der Waals surface area contributed by atoms with E-state index < -0.39 is 5.54 Å². The van der Waals surface area contributed by atoms with Crippen LogP contribution in [0.2, 0.25) is 5.02 Å². The second-order valence-corrected chi connectivity index (χ2v) is 4.35. The van der Waals surface area contributed by atoms with Crippen molar-refractivity contribution in [2.24, 2.45) is 5.73 Å². The molecule has 1 atom stereocenters. The molecule has 1 aliphatic rings. The van der Waals surface area contributed by atoms with Crippen LogP contribution in [-0.4, -0.2) is 18.6 Å². The van der Waals surface area contributed by atoms with Crippen LogP contribution in [0.1, 0.15) is 6.42 Å². The number of nitrogens with zero attached hydrogens (tertiary/aromatic N) is 2. The zero-order valence-electron chi connectivity index (χ0n) is 8.28. The summed E-state index contributed by atoms with van der Waals surface area (Å²) >= 11 is 5.81. The third kappa shape index (κ3) is 2.06. The summed E-state index contributed by atoms with van der Waals surface area (Å²) < 4.78 is 0. The number of anilines is 1. The lowest BCUT2D eigenvalue weighted by Gasteiger charge is -2.19. The van der Waals surface area contributed by atoms with E-state index in [0.717, 1.165) is 17.3 Å². The van der Waals surface area contributed by atoms with Crippen LogP contribution in [0.3, 0.4) is 0 Å². The SMILES string of the molecule is N#CC1(N)CCN(c2ccc(Cl)cc2)C1. The summed E-state index contributed by atoms with van der Waals surface area (Å²) in [6.07, 6.45) is 0.714. The molecule has 1 saturated heterocycles. The first-order chi connectivity index (χ1) is 7.13. The topological polar surface area (TPSA) is 53.1 Å². The first kappa shape index (κ1) is 10.3. The molecule has 2 N–H and O–H groups in total. The highest BCUT2D eigenvalue weighted by Crippen LogP contribution is 2.25. The predicted octanol–water partition coefficient (Wildman–Crippen LogP) is 1.77. The number of hydrogen-bond donors (Lipinski definition) is 1. The summed E-state index contributed by atoms with van der Waals surface area (Å²) in [5.74, 6) is 0. The lowest BCUT2D eigenvalue weighted by Crippen LogP contribution is -2.41. The Kier molecular flexibility index (Phi) is 2.56. The standard InChI is InChI=1S/C11H12ClN3/c12-9-1-3-10(4-2-9)15-6-5-11(14,7-13)8-15/h1-4H,5-6,8,14H2. The quantitative estimate of drug-likeness (QED) is 0.787. The van der Waals surface area contributed by atoms with E-state index in [4.69, 9.17) is 22.6 Å². The third-order valence-electron chi connectivity index (χ3n) is 2.72. The Balaban J connectivity index is 2.15. The van der Waals surface area contributed by atoms with Crippen LogP contribution in [0, 0.1) is 11.3 Å². The van der Waals surface area contributed by atoms with Crippen LogP contribution in [0.4, 0.5) is 5.69 Å². The van der Waals surface area contributed by atoms with Crippen LogP contribution in [0.5, 0.6) is 0 Å². The summed E-state index contributed by atoms with van der Waals surface area (Å²) in [6.45, 7) is 1.41. The number of halogens is 1. The molecular weight excluding hydrogens is 210 g/mol. The van der Waals surface area contributed by atoms with E-state index in [0.29, 0.717) is 13.0 Å². The van der Waals surface area contributed by atoms with Gasteiger partial charge in [-0.2, -0.15) is 5.26 Å². The maximum atomic E-state index is 8.91. The first-order valence-electron chi connectivity index (χ1n) is 4.84. The highest BCUT2D eigenvalue weighted by Gasteiger charge is 2.34.